The van der Waals surface area contributed by atoms with E-state index in [1.165, 1.54) is 19.1 Å². The highest BCUT2D eigenvalue weighted by Crippen LogP contribution is 2.45. The van der Waals surface area contributed by atoms with Gasteiger partial charge in [-0.2, -0.15) is 0 Å². The number of ketones is 1. The standard InChI is InChI=1S/C31H33NO7/c1-6-19-9-11-20(12-10-19)28-27(29(33)23-15-14-22(38-7-2)18-25(23)39-8-3)30(34)31(35)32(28)21-13-16-24(36-4)26(17-21)37-5/h9-18,28,33H,6-8H2,1-5H3/b29-27-. The number of carbonyl (C=O) groups excluding carboxylic acids is 2. The minimum Gasteiger partial charge on any atom is -0.507 e. The van der Waals surface area contributed by atoms with Crippen LogP contribution in [0.2, 0.25) is 0 Å². The van der Waals surface area contributed by atoms with E-state index in [1.807, 2.05) is 45.0 Å². The third kappa shape index (κ3) is 5.27. The molecule has 1 heterocycles. The van der Waals surface area contributed by atoms with E-state index in [-0.39, 0.29) is 11.3 Å². The Morgan fingerprint density at radius 1 is 0.821 bits per heavy atom. The van der Waals surface area contributed by atoms with Gasteiger partial charge in [-0.25, -0.2) is 0 Å². The summed E-state index contributed by atoms with van der Waals surface area (Å²) in [6.45, 7) is 6.53. The lowest BCUT2D eigenvalue weighted by Gasteiger charge is -2.26. The molecule has 1 saturated heterocycles. The van der Waals surface area contributed by atoms with Gasteiger partial charge in [0.25, 0.3) is 11.7 Å². The lowest BCUT2D eigenvalue weighted by Crippen LogP contribution is -2.29. The first-order chi connectivity index (χ1) is 18.9. The van der Waals surface area contributed by atoms with E-state index in [4.69, 9.17) is 18.9 Å². The summed E-state index contributed by atoms with van der Waals surface area (Å²) in [5.74, 6) is -0.0966. The maximum atomic E-state index is 13.6. The second-order valence-corrected chi connectivity index (χ2v) is 8.83. The van der Waals surface area contributed by atoms with Crippen LogP contribution in [-0.4, -0.2) is 44.2 Å². The summed E-state index contributed by atoms with van der Waals surface area (Å²) in [6.07, 6.45) is 0.833. The number of hydrogen-bond acceptors (Lipinski definition) is 7. The Labute approximate surface area is 228 Å². The van der Waals surface area contributed by atoms with E-state index in [0.717, 1.165) is 12.0 Å². The Hall–Kier alpha value is -4.46. The molecule has 1 atom stereocenters. The molecule has 3 aromatic carbocycles. The van der Waals surface area contributed by atoms with Crippen LogP contribution in [0.25, 0.3) is 5.76 Å². The van der Waals surface area contributed by atoms with Gasteiger partial charge in [-0.15, -0.1) is 0 Å². The summed E-state index contributed by atoms with van der Waals surface area (Å²) in [4.78, 5) is 28.5. The van der Waals surface area contributed by atoms with Crippen LogP contribution in [-0.2, 0) is 16.0 Å². The zero-order chi connectivity index (χ0) is 28.1. The molecule has 3 aromatic rings. The summed E-state index contributed by atoms with van der Waals surface area (Å²) in [6, 6.07) is 16.7. The van der Waals surface area contributed by atoms with E-state index in [0.29, 0.717) is 53.0 Å². The van der Waals surface area contributed by atoms with Gasteiger partial charge >= 0.3 is 0 Å². The Morgan fingerprint density at radius 3 is 2.13 bits per heavy atom. The molecule has 0 aliphatic carbocycles. The molecule has 8 nitrogen and oxygen atoms in total. The number of anilines is 1. The number of methoxy groups -OCH3 is 2. The van der Waals surface area contributed by atoms with Gasteiger partial charge in [0.05, 0.1) is 44.6 Å². The minimum atomic E-state index is -0.893. The van der Waals surface area contributed by atoms with Crippen molar-refractivity contribution >= 4 is 23.1 Å². The van der Waals surface area contributed by atoms with E-state index in [2.05, 4.69) is 0 Å². The molecule has 0 spiro atoms. The predicted molar refractivity (Wildman–Crippen MR) is 149 cm³/mol. The van der Waals surface area contributed by atoms with Gasteiger partial charge < -0.3 is 24.1 Å². The van der Waals surface area contributed by atoms with Crippen molar-refractivity contribution in [2.45, 2.75) is 33.2 Å². The lowest BCUT2D eigenvalue weighted by atomic mass is 9.94. The van der Waals surface area contributed by atoms with Crippen LogP contribution in [0.4, 0.5) is 5.69 Å². The normalized spacial score (nSPS) is 16.3. The van der Waals surface area contributed by atoms with Crippen LogP contribution in [0.5, 0.6) is 23.0 Å². The number of nitrogens with zero attached hydrogens (tertiary/aromatic N) is 1. The van der Waals surface area contributed by atoms with Crippen LogP contribution < -0.4 is 23.8 Å². The van der Waals surface area contributed by atoms with Crippen LogP contribution in [0.15, 0.2) is 66.2 Å². The highest BCUT2D eigenvalue weighted by atomic mass is 16.5. The molecule has 0 radical (unpaired) electrons. The van der Waals surface area contributed by atoms with Crippen molar-refractivity contribution in [3.05, 3.63) is 82.9 Å². The molecule has 1 aliphatic rings. The van der Waals surface area contributed by atoms with Gasteiger partial charge in [-0.1, -0.05) is 31.2 Å². The maximum Gasteiger partial charge on any atom is 0.300 e. The number of carbonyl (C=O) groups is 2. The van der Waals surface area contributed by atoms with Crippen molar-refractivity contribution in [3.8, 4) is 23.0 Å². The van der Waals surface area contributed by atoms with Crippen molar-refractivity contribution in [3.63, 3.8) is 0 Å². The van der Waals surface area contributed by atoms with Crippen LogP contribution in [0, 0.1) is 0 Å². The molecular weight excluding hydrogens is 498 g/mol. The summed E-state index contributed by atoms with van der Waals surface area (Å²) in [7, 11) is 3.02. The second kappa shape index (κ2) is 11.9. The third-order valence-electron chi connectivity index (χ3n) is 6.61. The van der Waals surface area contributed by atoms with Gasteiger partial charge in [0.1, 0.15) is 17.3 Å². The molecule has 39 heavy (non-hydrogen) atoms. The number of hydrogen-bond donors (Lipinski definition) is 1. The number of Topliss-reactive ketones (excluding diaryl/α,β-unsaturated/α-hetero) is 1. The quantitative estimate of drug-likeness (QED) is 0.204. The summed E-state index contributed by atoms with van der Waals surface area (Å²) in [5.41, 5.74) is 2.46. The Kier molecular flexibility index (Phi) is 8.44. The summed E-state index contributed by atoms with van der Waals surface area (Å²) < 4.78 is 22.2. The molecule has 204 valence electrons. The van der Waals surface area contributed by atoms with E-state index in [9.17, 15) is 14.7 Å². The maximum absolute atomic E-state index is 13.6. The van der Waals surface area contributed by atoms with Gasteiger partial charge in [0.2, 0.25) is 0 Å². The molecule has 4 rings (SSSR count). The van der Waals surface area contributed by atoms with Crippen molar-refractivity contribution < 1.29 is 33.6 Å². The Balaban J connectivity index is 1.94. The van der Waals surface area contributed by atoms with Crippen molar-refractivity contribution in [1.29, 1.82) is 0 Å². The fourth-order valence-electron chi connectivity index (χ4n) is 4.70. The average Bonchev–Trinajstić information content (AvgIpc) is 3.22. The van der Waals surface area contributed by atoms with E-state index in [1.54, 1.807) is 36.4 Å². The first kappa shape index (κ1) is 27.6. The van der Waals surface area contributed by atoms with Crippen molar-refractivity contribution in [1.82, 2.24) is 0 Å². The molecule has 0 saturated carbocycles. The average molecular weight is 532 g/mol. The predicted octanol–water partition coefficient (Wildman–Crippen LogP) is 5.69. The van der Waals surface area contributed by atoms with Crippen molar-refractivity contribution in [2.75, 3.05) is 32.3 Å². The number of benzene rings is 3. The summed E-state index contributed by atoms with van der Waals surface area (Å²) >= 11 is 0. The van der Waals surface area contributed by atoms with Gasteiger partial charge in [0, 0.05) is 17.8 Å². The van der Waals surface area contributed by atoms with E-state index >= 15 is 0 Å². The number of aliphatic hydroxyl groups excluding tert-OH is 1. The van der Waals surface area contributed by atoms with Crippen molar-refractivity contribution in [2.24, 2.45) is 0 Å². The highest BCUT2D eigenvalue weighted by molar-refractivity contribution is 6.51. The zero-order valence-corrected chi connectivity index (χ0v) is 22.8. The molecule has 1 N–H and O–H groups in total. The smallest absolute Gasteiger partial charge is 0.300 e. The van der Waals surface area contributed by atoms with Gasteiger partial charge in [-0.3, -0.25) is 14.5 Å². The fraction of sp³-hybridized carbons (Fsp3) is 0.290. The number of ether oxygens (including phenoxy) is 4. The molecular formula is C31H33NO7. The molecule has 1 aliphatic heterocycles. The molecule has 1 unspecified atom stereocenters. The van der Waals surface area contributed by atoms with E-state index < -0.39 is 17.7 Å². The molecule has 8 heteroatoms. The lowest BCUT2D eigenvalue weighted by molar-refractivity contribution is -0.132. The third-order valence-corrected chi connectivity index (χ3v) is 6.61. The first-order valence-electron chi connectivity index (χ1n) is 12.9. The number of aliphatic hydroxyl groups is 1. The SMILES string of the molecule is CCOc1ccc(/C(O)=C2/C(=O)C(=O)N(c3ccc(OC)c(OC)c3)C2c2ccc(CC)cc2)c(OCC)c1. The van der Waals surface area contributed by atoms with Crippen LogP contribution in [0.1, 0.15) is 43.5 Å². The fourth-order valence-corrected chi connectivity index (χ4v) is 4.70. The minimum absolute atomic E-state index is 0.0378. The number of rotatable bonds is 10. The molecule has 0 bridgehead atoms. The topological polar surface area (TPSA) is 94.5 Å². The highest BCUT2D eigenvalue weighted by Gasteiger charge is 2.47. The van der Waals surface area contributed by atoms with Crippen LogP contribution >= 0.6 is 0 Å². The molecule has 1 fully saturated rings. The van der Waals surface area contributed by atoms with Gasteiger partial charge in [-0.05, 0) is 55.7 Å². The molecule has 0 aromatic heterocycles. The number of aryl methyl sites for hydroxylation is 1. The monoisotopic (exact) mass is 531 g/mol. The zero-order valence-electron chi connectivity index (χ0n) is 22.8. The molecule has 1 amide bonds. The summed E-state index contributed by atoms with van der Waals surface area (Å²) in [5, 5.41) is 11.6. The van der Waals surface area contributed by atoms with Crippen LogP contribution in [0.3, 0.4) is 0 Å². The second-order valence-electron chi connectivity index (χ2n) is 8.83. The Bertz CT molecular complexity index is 1390. The number of amides is 1. The van der Waals surface area contributed by atoms with Gasteiger partial charge in [0.15, 0.2) is 11.5 Å². The Morgan fingerprint density at radius 2 is 1.51 bits per heavy atom. The first-order valence-corrected chi connectivity index (χ1v) is 12.9. The largest absolute Gasteiger partial charge is 0.507 e.